The standard InChI is InChI=1S/C8H6ClN3OS/c9-8-11-3-6(14-8)4-12-5-10-2-1-7(12)13/h1-3,5H,4H2. The molecule has 0 unspecified atom stereocenters. The Labute approximate surface area is 88.8 Å². The molecule has 14 heavy (non-hydrogen) atoms. The molecule has 0 atom stereocenters. The van der Waals surface area contributed by atoms with Crippen LogP contribution in [0.3, 0.4) is 0 Å². The summed E-state index contributed by atoms with van der Waals surface area (Å²) in [6, 6.07) is 1.42. The molecule has 2 rings (SSSR count). The third-order valence-corrected chi connectivity index (χ3v) is 2.74. The fourth-order valence-corrected chi connectivity index (χ4v) is 2.00. The van der Waals surface area contributed by atoms with E-state index in [4.69, 9.17) is 11.6 Å². The molecule has 2 heterocycles. The molecule has 0 aliphatic rings. The van der Waals surface area contributed by atoms with Gasteiger partial charge in [-0.15, -0.1) is 11.3 Å². The number of thiazole rings is 1. The van der Waals surface area contributed by atoms with Crippen molar-refractivity contribution in [3.05, 3.63) is 44.5 Å². The van der Waals surface area contributed by atoms with Crippen LogP contribution >= 0.6 is 22.9 Å². The first-order valence-corrected chi connectivity index (χ1v) is 5.06. The third-order valence-electron chi connectivity index (χ3n) is 1.64. The molecule has 0 saturated carbocycles. The minimum Gasteiger partial charge on any atom is -0.294 e. The van der Waals surface area contributed by atoms with Gasteiger partial charge in [0.25, 0.3) is 5.56 Å². The van der Waals surface area contributed by atoms with Crippen LogP contribution in [0.4, 0.5) is 0 Å². The van der Waals surface area contributed by atoms with E-state index in [1.54, 1.807) is 6.20 Å². The van der Waals surface area contributed by atoms with E-state index in [-0.39, 0.29) is 5.56 Å². The van der Waals surface area contributed by atoms with Gasteiger partial charge in [-0.25, -0.2) is 9.97 Å². The summed E-state index contributed by atoms with van der Waals surface area (Å²) in [5.41, 5.74) is -0.0791. The fraction of sp³-hybridized carbons (Fsp3) is 0.125. The van der Waals surface area contributed by atoms with E-state index in [9.17, 15) is 4.79 Å². The molecule has 0 bridgehead atoms. The Morgan fingerprint density at radius 3 is 3.07 bits per heavy atom. The Morgan fingerprint density at radius 1 is 1.57 bits per heavy atom. The lowest BCUT2D eigenvalue weighted by Crippen LogP contribution is -2.18. The van der Waals surface area contributed by atoms with Crippen LogP contribution in [-0.2, 0) is 6.54 Å². The van der Waals surface area contributed by atoms with Crippen molar-refractivity contribution in [1.82, 2.24) is 14.5 Å². The summed E-state index contributed by atoms with van der Waals surface area (Å²) in [7, 11) is 0. The van der Waals surface area contributed by atoms with Gasteiger partial charge in [-0.2, -0.15) is 0 Å². The van der Waals surface area contributed by atoms with E-state index in [1.165, 1.54) is 34.5 Å². The lowest BCUT2D eigenvalue weighted by molar-refractivity contribution is 0.744. The van der Waals surface area contributed by atoms with Crippen molar-refractivity contribution in [2.75, 3.05) is 0 Å². The topological polar surface area (TPSA) is 47.8 Å². The second-order valence-electron chi connectivity index (χ2n) is 2.63. The minimum absolute atomic E-state index is 0.0791. The van der Waals surface area contributed by atoms with E-state index in [0.717, 1.165) is 4.88 Å². The predicted octanol–water partition coefficient (Wildman–Crippen LogP) is 1.40. The van der Waals surface area contributed by atoms with Crippen molar-refractivity contribution in [2.24, 2.45) is 0 Å². The van der Waals surface area contributed by atoms with Gasteiger partial charge in [0.05, 0.1) is 12.9 Å². The quantitative estimate of drug-likeness (QED) is 0.779. The van der Waals surface area contributed by atoms with Gasteiger partial charge in [0, 0.05) is 23.3 Å². The van der Waals surface area contributed by atoms with Gasteiger partial charge in [-0.3, -0.25) is 9.36 Å². The molecule has 0 aliphatic carbocycles. The molecular weight excluding hydrogens is 222 g/mol. The van der Waals surface area contributed by atoms with Crippen LogP contribution in [0.2, 0.25) is 4.47 Å². The molecule has 2 aromatic heterocycles. The maximum atomic E-state index is 11.3. The molecule has 0 radical (unpaired) electrons. The van der Waals surface area contributed by atoms with Crippen molar-refractivity contribution in [3.8, 4) is 0 Å². The van der Waals surface area contributed by atoms with Crippen LogP contribution in [0.25, 0.3) is 0 Å². The number of hydrogen-bond acceptors (Lipinski definition) is 4. The molecule has 4 nitrogen and oxygen atoms in total. The number of nitrogens with zero attached hydrogens (tertiary/aromatic N) is 3. The molecule has 0 aromatic carbocycles. The van der Waals surface area contributed by atoms with Crippen molar-refractivity contribution < 1.29 is 0 Å². The van der Waals surface area contributed by atoms with Crippen molar-refractivity contribution in [3.63, 3.8) is 0 Å². The fourth-order valence-electron chi connectivity index (χ4n) is 1.02. The number of hydrogen-bond donors (Lipinski definition) is 0. The largest absolute Gasteiger partial charge is 0.294 e. The lowest BCUT2D eigenvalue weighted by Gasteiger charge is -1.99. The molecule has 0 N–H and O–H groups in total. The van der Waals surface area contributed by atoms with E-state index in [1.807, 2.05) is 0 Å². The highest BCUT2D eigenvalue weighted by molar-refractivity contribution is 7.15. The highest BCUT2D eigenvalue weighted by Gasteiger charge is 2.01. The highest BCUT2D eigenvalue weighted by atomic mass is 35.5. The van der Waals surface area contributed by atoms with Gasteiger partial charge in [-0.05, 0) is 0 Å². The van der Waals surface area contributed by atoms with Gasteiger partial charge in [0.1, 0.15) is 0 Å². The summed E-state index contributed by atoms with van der Waals surface area (Å²) >= 11 is 7.03. The molecule has 72 valence electrons. The minimum atomic E-state index is -0.0791. The number of rotatable bonds is 2. The molecule has 0 amide bonds. The van der Waals surface area contributed by atoms with Crippen LogP contribution in [0.1, 0.15) is 4.88 Å². The zero-order valence-corrected chi connectivity index (χ0v) is 8.63. The van der Waals surface area contributed by atoms with Crippen molar-refractivity contribution in [1.29, 1.82) is 0 Å². The van der Waals surface area contributed by atoms with Crippen molar-refractivity contribution in [2.45, 2.75) is 6.54 Å². The summed E-state index contributed by atoms with van der Waals surface area (Å²) in [6.07, 6.45) is 4.63. The molecule has 0 saturated heterocycles. The predicted molar refractivity (Wildman–Crippen MR) is 54.7 cm³/mol. The first-order chi connectivity index (χ1) is 6.75. The van der Waals surface area contributed by atoms with Gasteiger partial charge >= 0.3 is 0 Å². The van der Waals surface area contributed by atoms with Gasteiger partial charge < -0.3 is 0 Å². The van der Waals surface area contributed by atoms with Crippen LogP contribution < -0.4 is 5.56 Å². The van der Waals surface area contributed by atoms with E-state index in [0.29, 0.717) is 11.0 Å². The van der Waals surface area contributed by atoms with Gasteiger partial charge in [0.15, 0.2) is 4.47 Å². The molecule has 6 heteroatoms. The Hall–Kier alpha value is -1.20. The van der Waals surface area contributed by atoms with Crippen LogP contribution in [0, 0.1) is 0 Å². The van der Waals surface area contributed by atoms with Gasteiger partial charge in [-0.1, -0.05) is 11.6 Å². The monoisotopic (exact) mass is 227 g/mol. The summed E-state index contributed by atoms with van der Waals surface area (Å²) in [6.45, 7) is 0.469. The van der Waals surface area contributed by atoms with Gasteiger partial charge in [0.2, 0.25) is 0 Å². The van der Waals surface area contributed by atoms with Crippen LogP contribution in [0.5, 0.6) is 0 Å². The molecule has 0 fully saturated rings. The third kappa shape index (κ3) is 2.00. The van der Waals surface area contributed by atoms with E-state index in [2.05, 4.69) is 9.97 Å². The van der Waals surface area contributed by atoms with E-state index < -0.39 is 0 Å². The molecular formula is C8H6ClN3OS. The van der Waals surface area contributed by atoms with Crippen molar-refractivity contribution >= 4 is 22.9 Å². The first kappa shape index (κ1) is 9.36. The Balaban J connectivity index is 2.27. The number of halogens is 1. The number of aromatic nitrogens is 3. The Kier molecular flexibility index (Phi) is 2.60. The summed E-state index contributed by atoms with van der Waals surface area (Å²) < 4.78 is 1.99. The van der Waals surface area contributed by atoms with Crippen LogP contribution in [0.15, 0.2) is 29.6 Å². The average molecular weight is 228 g/mol. The molecule has 0 spiro atoms. The summed E-state index contributed by atoms with van der Waals surface area (Å²) in [5.74, 6) is 0. The molecule has 0 aliphatic heterocycles. The first-order valence-electron chi connectivity index (χ1n) is 3.86. The maximum absolute atomic E-state index is 11.3. The normalized spacial score (nSPS) is 10.4. The van der Waals surface area contributed by atoms with Crippen LogP contribution in [-0.4, -0.2) is 14.5 Å². The second kappa shape index (κ2) is 3.89. The molecule has 2 aromatic rings. The average Bonchev–Trinajstić information content (AvgIpc) is 2.56. The Bertz CT molecular complexity index is 493. The lowest BCUT2D eigenvalue weighted by atomic mass is 10.5. The zero-order chi connectivity index (χ0) is 9.97. The maximum Gasteiger partial charge on any atom is 0.253 e. The van der Waals surface area contributed by atoms with E-state index >= 15 is 0 Å². The second-order valence-corrected chi connectivity index (χ2v) is 4.32. The smallest absolute Gasteiger partial charge is 0.253 e. The highest BCUT2D eigenvalue weighted by Crippen LogP contribution is 2.17. The summed E-state index contributed by atoms with van der Waals surface area (Å²) in [5, 5.41) is 0. The zero-order valence-electron chi connectivity index (χ0n) is 7.05. The Morgan fingerprint density at radius 2 is 2.43 bits per heavy atom. The summed E-state index contributed by atoms with van der Waals surface area (Å²) in [4.78, 5) is 20.0. The SMILES string of the molecule is O=c1ccncn1Cc1cnc(Cl)s1.